The van der Waals surface area contributed by atoms with E-state index in [0.29, 0.717) is 36.3 Å². The quantitative estimate of drug-likeness (QED) is 0.302. The Kier molecular flexibility index (Phi) is 7.98. The van der Waals surface area contributed by atoms with Crippen LogP contribution in [0.4, 0.5) is 0 Å². The molecule has 4 aliphatic carbocycles. The molecule has 5 nitrogen and oxygen atoms in total. The summed E-state index contributed by atoms with van der Waals surface area (Å²) < 4.78 is 0. The number of nitrogens with zero attached hydrogens (tertiary/aromatic N) is 1. The highest BCUT2D eigenvalue weighted by Gasteiger charge is 2.69. The minimum absolute atomic E-state index is 0.157. The van der Waals surface area contributed by atoms with Gasteiger partial charge in [0.2, 0.25) is 5.91 Å². The fourth-order valence-electron chi connectivity index (χ4n) is 11.6. The fourth-order valence-corrected chi connectivity index (χ4v) is 11.6. The molecule has 5 heteroatoms. The molecule has 5 rings (SSSR count). The third kappa shape index (κ3) is 4.20. The topological polar surface area (TPSA) is 77.8 Å². The Hall–Kier alpha value is -1.36. The van der Waals surface area contributed by atoms with Gasteiger partial charge in [-0.15, -0.1) is 6.58 Å². The number of rotatable bonds is 3. The Bertz CT molecular complexity index is 930. The zero-order chi connectivity index (χ0) is 28.1. The molecule has 1 aliphatic heterocycles. The number of amides is 1. The largest absolute Gasteiger partial charge is 0.481 e. The van der Waals surface area contributed by atoms with Gasteiger partial charge in [-0.3, -0.25) is 9.59 Å². The van der Waals surface area contributed by atoms with Crippen LogP contribution in [0.1, 0.15) is 119 Å². The van der Waals surface area contributed by atoms with Gasteiger partial charge in [-0.25, -0.2) is 0 Å². The maximum Gasteiger partial charge on any atom is 0.312 e. The first-order chi connectivity index (χ1) is 17.8. The summed E-state index contributed by atoms with van der Waals surface area (Å²) in [6, 6.07) is 0. The number of likely N-dealkylation sites (tertiary alicyclic amines) is 1. The molecule has 5 aliphatic rings. The summed E-state index contributed by atoms with van der Waals surface area (Å²) in [5, 5.41) is 19.8. The van der Waals surface area contributed by atoms with Crippen molar-refractivity contribution >= 4 is 11.9 Å². The molecule has 0 aromatic rings. The van der Waals surface area contributed by atoms with Gasteiger partial charge in [-0.05, 0) is 130 Å². The summed E-state index contributed by atoms with van der Waals surface area (Å²) in [5.41, 5.74) is 0.600. The molecule has 1 saturated heterocycles. The van der Waals surface area contributed by atoms with Crippen LogP contribution in [0.3, 0.4) is 0 Å². The van der Waals surface area contributed by atoms with Crippen LogP contribution in [0, 0.1) is 45.3 Å². The van der Waals surface area contributed by atoms with E-state index in [-0.39, 0.29) is 27.7 Å². The molecule has 6 unspecified atom stereocenters. The highest BCUT2D eigenvalue weighted by atomic mass is 16.4. The van der Waals surface area contributed by atoms with Gasteiger partial charge in [-0.1, -0.05) is 33.3 Å². The lowest BCUT2D eigenvalue weighted by Crippen LogP contribution is -2.66. The molecular formula is C33H55NO4. The van der Waals surface area contributed by atoms with Gasteiger partial charge in [0.15, 0.2) is 0 Å². The van der Waals surface area contributed by atoms with Crippen molar-refractivity contribution in [3.63, 3.8) is 0 Å². The maximum atomic E-state index is 13.0. The second-order valence-corrected chi connectivity index (χ2v) is 15.0. The van der Waals surface area contributed by atoms with E-state index in [1.807, 2.05) is 11.8 Å². The first kappa shape index (κ1) is 29.6. The molecule has 0 aromatic carbocycles. The number of allylic oxidation sites excluding steroid dienone is 1. The predicted octanol–water partition coefficient (Wildman–Crippen LogP) is 7.08. The highest BCUT2D eigenvalue weighted by Crippen LogP contribution is 2.75. The van der Waals surface area contributed by atoms with E-state index < -0.39 is 12.4 Å². The molecule has 2 N–H and O–H groups in total. The molecule has 1 amide bonds. The van der Waals surface area contributed by atoms with Crippen LogP contribution in [0.5, 0.6) is 0 Å². The van der Waals surface area contributed by atoms with E-state index in [1.165, 1.54) is 51.4 Å². The first-order valence-electron chi connectivity index (χ1n) is 15.5. The molecule has 216 valence electrons. The van der Waals surface area contributed by atoms with Gasteiger partial charge in [0.05, 0.1) is 0 Å². The number of aliphatic hydroxyl groups is 1. The smallest absolute Gasteiger partial charge is 0.312 e. The number of aliphatic hydroxyl groups excluding tert-OH is 1. The molecule has 4 saturated carbocycles. The third-order valence-corrected chi connectivity index (χ3v) is 13.4. The fraction of sp³-hybridized carbons (Fsp3) is 0.879. The van der Waals surface area contributed by atoms with E-state index in [1.54, 1.807) is 6.08 Å². The van der Waals surface area contributed by atoms with E-state index in [0.717, 1.165) is 25.2 Å². The lowest BCUT2D eigenvalue weighted by Gasteiger charge is -2.71. The Morgan fingerprint density at radius 2 is 1.55 bits per heavy atom. The van der Waals surface area contributed by atoms with Crippen molar-refractivity contribution in [3.8, 4) is 0 Å². The van der Waals surface area contributed by atoms with Crippen LogP contribution in [0.15, 0.2) is 12.7 Å². The summed E-state index contributed by atoms with van der Waals surface area (Å²) in [7, 11) is 0. The normalized spacial score (nSPS) is 45.2. The second kappa shape index (κ2) is 10.2. The van der Waals surface area contributed by atoms with Gasteiger partial charge in [0.1, 0.15) is 6.42 Å². The van der Waals surface area contributed by atoms with Gasteiger partial charge in [0.25, 0.3) is 0 Å². The van der Waals surface area contributed by atoms with Gasteiger partial charge in [0, 0.05) is 18.7 Å². The number of carbonyl (C=O) groups is 2. The van der Waals surface area contributed by atoms with Gasteiger partial charge >= 0.3 is 5.97 Å². The molecule has 1 heterocycles. The minimum atomic E-state index is -1.02. The number of carboxylic acid groups (broad SMARTS) is 1. The third-order valence-electron chi connectivity index (χ3n) is 13.4. The Morgan fingerprint density at radius 1 is 0.868 bits per heavy atom. The zero-order valence-electron chi connectivity index (χ0n) is 25.2. The average Bonchev–Trinajstić information content (AvgIpc) is 3.22. The highest BCUT2D eigenvalue weighted by molar-refractivity contribution is 5.93. The maximum absolute atomic E-state index is 13.0. The molecule has 0 radical (unpaired) electrons. The number of carbonyl (C=O) groups excluding carboxylic acids is 1. The number of aliphatic carboxylic acids is 1. The SMILES string of the molecule is C=CC.CC12CCCN(C(=O)CC(=O)O)C(C)(C)C1CCC1(C)C2CCC2[C@H]3CCCC3(CO)CC[C@]21C. The van der Waals surface area contributed by atoms with E-state index >= 15 is 0 Å². The van der Waals surface area contributed by atoms with Crippen molar-refractivity contribution in [2.75, 3.05) is 13.2 Å². The van der Waals surface area contributed by atoms with Crippen molar-refractivity contribution in [2.45, 2.75) is 124 Å². The minimum Gasteiger partial charge on any atom is -0.481 e. The molecule has 5 fully saturated rings. The lowest BCUT2D eigenvalue weighted by atomic mass is 9.34. The standard InChI is InChI=1S/C30H49NO4.C3H6/c1-26(2)22-11-14-29(5)23(27(22,3)12-7-17-31(26)24(33)18-25(34)35)10-9-20-21-8-6-13-30(21,19-32)16-15-28(20,29)4;1-3-2/h20-23,32H,6-19H2,1-5H3,(H,34,35);3H,1H2,2H3/t20?,21-,22?,23?,27?,28-,29?,30?;/m1./s1. The number of hydrogen-bond donors (Lipinski definition) is 2. The first-order valence-corrected chi connectivity index (χ1v) is 15.5. The average molecular weight is 530 g/mol. The monoisotopic (exact) mass is 529 g/mol. The van der Waals surface area contributed by atoms with Crippen molar-refractivity contribution in [1.29, 1.82) is 0 Å². The van der Waals surface area contributed by atoms with Gasteiger partial charge < -0.3 is 15.1 Å². The van der Waals surface area contributed by atoms with E-state index in [9.17, 15) is 19.8 Å². The predicted molar refractivity (Wildman–Crippen MR) is 153 cm³/mol. The summed E-state index contributed by atoms with van der Waals surface area (Å²) >= 11 is 0. The van der Waals surface area contributed by atoms with Crippen LogP contribution in [0.25, 0.3) is 0 Å². The summed E-state index contributed by atoms with van der Waals surface area (Å²) in [6.45, 7) is 18.5. The Labute approximate surface area is 231 Å². The van der Waals surface area contributed by atoms with Gasteiger partial charge in [-0.2, -0.15) is 0 Å². The Morgan fingerprint density at radius 3 is 2.18 bits per heavy atom. The zero-order valence-corrected chi connectivity index (χ0v) is 25.2. The molecule has 8 atom stereocenters. The molecule has 0 aromatic heterocycles. The van der Waals surface area contributed by atoms with Crippen LogP contribution in [-0.2, 0) is 9.59 Å². The number of hydrogen-bond acceptors (Lipinski definition) is 3. The summed E-state index contributed by atoms with van der Waals surface area (Å²) in [4.78, 5) is 26.3. The van der Waals surface area contributed by atoms with Crippen molar-refractivity contribution in [1.82, 2.24) is 4.90 Å². The number of carboxylic acids is 1. The molecule has 38 heavy (non-hydrogen) atoms. The summed E-state index contributed by atoms with van der Waals surface area (Å²) in [6.07, 6.45) is 14.5. The van der Waals surface area contributed by atoms with Crippen molar-refractivity contribution in [2.24, 2.45) is 45.3 Å². The van der Waals surface area contributed by atoms with Crippen LogP contribution in [0.2, 0.25) is 0 Å². The molecular weight excluding hydrogens is 474 g/mol. The van der Waals surface area contributed by atoms with Crippen molar-refractivity contribution < 1.29 is 19.8 Å². The molecule has 0 bridgehead atoms. The Balaban J connectivity index is 0.00000107. The van der Waals surface area contributed by atoms with E-state index in [2.05, 4.69) is 41.2 Å². The van der Waals surface area contributed by atoms with Crippen LogP contribution < -0.4 is 0 Å². The lowest BCUT2D eigenvalue weighted by molar-refractivity contribution is -0.226. The van der Waals surface area contributed by atoms with E-state index in [4.69, 9.17) is 0 Å². The second-order valence-electron chi connectivity index (χ2n) is 15.0. The van der Waals surface area contributed by atoms with Crippen LogP contribution >= 0.6 is 0 Å². The summed E-state index contributed by atoms with van der Waals surface area (Å²) in [5.74, 6) is 1.18. The number of fused-ring (bicyclic) bond motifs is 7. The van der Waals surface area contributed by atoms with Crippen LogP contribution in [-0.4, -0.2) is 45.7 Å². The molecule has 0 spiro atoms. The van der Waals surface area contributed by atoms with Crippen molar-refractivity contribution in [3.05, 3.63) is 12.7 Å².